The quantitative estimate of drug-likeness (QED) is 0.334. The van der Waals surface area contributed by atoms with E-state index in [2.05, 4.69) is 5.32 Å². The van der Waals surface area contributed by atoms with Gasteiger partial charge in [0.25, 0.3) is 5.91 Å². The number of nitrogens with one attached hydrogen (secondary N) is 2. The Morgan fingerprint density at radius 2 is 1.75 bits per heavy atom. The molecule has 1 fully saturated rings. The van der Waals surface area contributed by atoms with Crippen molar-refractivity contribution < 1.29 is 13.2 Å². The summed E-state index contributed by atoms with van der Waals surface area (Å²) in [5.74, 6) is -0.857. The van der Waals surface area contributed by atoms with Crippen molar-refractivity contribution in [2.75, 3.05) is 0 Å². The molecule has 9 heteroatoms. The second kappa shape index (κ2) is 8.76. The summed E-state index contributed by atoms with van der Waals surface area (Å²) in [7, 11) is -3.72. The second-order valence-corrected chi connectivity index (χ2v) is 10.2. The summed E-state index contributed by atoms with van der Waals surface area (Å²) in [5, 5.41) is 11.5. The number of benzene rings is 2. The molecule has 1 aromatic heterocycles. The molecule has 2 aromatic carbocycles. The summed E-state index contributed by atoms with van der Waals surface area (Å²) in [6.07, 6.45) is 3.28. The number of nitrogen functional groups attached to an aromatic ring is 1. The van der Waals surface area contributed by atoms with E-state index in [0.29, 0.717) is 16.5 Å². The fourth-order valence-electron chi connectivity index (χ4n) is 4.14. The largest absolute Gasteiger partial charge is 0.384 e. The molecular weight excluding hydrogens is 426 g/mol. The fraction of sp³-hybridized carbons (Fsp3) is 0.304. The first-order chi connectivity index (χ1) is 15.2. The molecule has 1 aliphatic carbocycles. The van der Waals surface area contributed by atoms with Gasteiger partial charge < -0.3 is 21.4 Å². The molecule has 1 aliphatic rings. The molecule has 0 atom stereocenters. The minimum atomic E-state index is -3.72. The highest BCUT2D eigenvalue weighted by molar-refractivity contribution is 7.90. The molecule has 8 nitrogen and oxygen atoms in total. The number of rotatable bonds is 6. The number of amidine groups is 1. The molecule has 6 N–H and O–H groups in total. The number of fused-ring (bicyclic) bond motifs is 1. The van der Waals surface area contributed by atoms with Crippen LogP contribution < -0.4 is 16.8 Å². The Labute approximate surface area is 187 Å². The molecule has 0 bridgehead atoms. The smallest absolute Gasteiger partial charge is 0.268 e. The average Bonchev–Trinajstić information content (AvgIpc) is 3.13. The number of aromatic nitrogens is 1. The van der Waals surface area contributed by atoms with Gasteiger partial charge in [0.05, 0.1) is 10.4 Å². The summed E-state index contributed by atoms with van der Waals surface area (Å²) >= 11 is 0. The third-order valence-electron chi connectivity index (χ3n) is 5.96. The molecule has 4 rings (SSSR count). The van der Waals surface area contributed by atoms with Crippen molar-refractivity contribution in [3.63, 3.8) is 0 Å². The van der Waals surface area contributed by atoms with E-state index in [4.69, 9.17) is 16.9 Å². The lowest BCUT2D eigenvalue weighted by Gasteiger charge is -2.27. The van der Waals surface area contributed by atoms with Crippen molar-refractivity contribution in [1.29, 1.82) is 5.41 Å². The molecule has 3 aromatic rings. The maximum absolute atomic E-state index is 13.2. The van der Waals surface area contributed by atoms with Crippen LogP contribution in [0.2, 0.25) is 0 Å². The maximum Gasteiger partial charge on any atom is 0.268 e. The van der Waals surface area contributed by atoms with Crippen LogP contribution in [0.3, 0.4) is 0 Å². The number of hydrogen-bond acceptors (Lipinski definition) is 5. The van der Waals surface area contributed by atoms with E-state index < -0.39 is 15.7 Å². The summed E-state index contributed by atoms with van der Waals surface area (Å²) in [6.45, 7) is 0. The van der Waals surface area contributed by atoms with Gasteiger partial charge in [0, 0.05) is 23.0 Å². The van der Waals surface area contributed by atoms with Crippen LogP contribution in [0, 0.1) is 5.41 Å². The molecule has 32 heavy (non-hydrogen) atoms. The normalized spacial score (nSPS) is 19.0. The van der Waals surface area contributed by atoms with Gasteiger partial charge >= 0.3 is 0 Å². The second-order valence-electron chi connectivity index (χ2n) is 8.29. The maximum atomic E-state index is 13.2. The first-order valence-corrected chi connectivity index (χ1v) is 12.2. The minimum Gasteiger partial charge on any atom is -0.384 e. The van der Waals surface area contributed by atoms with E-state index in [1.807, 2.05) is 0 Å². The molecule has 168 valence electrons. The van der Waals surface area contributed by atoms with Crippen LogP contribution in [-0.2, 0) is 15.7 Å². The Morgan fingerprint density at radius 3 is 2.41 bits per heavy atom. The number of sulfone groups is 1. The zero-order valence-corrected chi connectivity index (χ0v) is 18.4. The molecule has 1 saturated carbocycles. The van der Waals surface area contributed by atoms with Gasteiger partial charge in [0.2, 0.25) is 0 Å². The van der Waals surface area contributed by atoms with Crippen LogP contribution in [0.4, 0.5) is 0 Å². The van der Waals surface area contributed by atoms with Gasteiger partial charge in [-0.2, -0.15) is 0 Å². The summed E-state index contributed by atoms with van der Waals surface area (Å²) in [6, 6.07) is 15.1. The number of carbonyl (C=O) groups is 1. The van der Waals surface area contributed by atoms with E-state index in [9.17, 15) is 13.2 Å². The molecule has 0 unspecified atom stereocenters. The van der Waals surface area contributed by atoms with E-state index >= 15 is 0 Å². The minimum absolute atomic E-state index is 0.00673. The first kappa shape index (κ1) is 22.0. The number of nitrogens with two attached hydrogens (primary N) is 2. The Kier molecular flexibility index (Phi) is 6.03. The predicted molar refractivity (Wildman–Crippen MR) is 124 cm³/mol. The zero-order chi connectivity index (χ0) is 22.9. The van der Waals surface area contributed by atoms with Crippen molar-refractivity contribution in [3.05, 3.63) is 65.9 Å². The number of carbonyl (C=O) groups excluding carboxylic acids is 1. The molecule has 0 saturated heterocycles. The Bertz CT molecular complexity index is 1260. The van der Waals surface area contributed by atoms with Gasteiger partial charge in [-0.05, 0) is 49.9 Å². The van der Waals surface area contributed by atoms with E-state index in [0.717, 1.165) is 25.7 Å². The summed E-state index contributed by atoms with van der Waals surface area (Å²) < 4.78 is 27.8. The number of nitrogens with zero attached hydrogens (tertiary/aromatic N) is 1. The van der Waals surface area contributed by atoms with Crippen molar-refractivity contribution in [2.24, 2.45) is 11.5 Å². The molecule has 1 heterocycles. The van der Waals surface area contributed by atoms with Crippen molar-refractivity contribution in [2.45, 2.75) is 48.5 Å². The third kappa shape index (κ3) is 4.53. The van der Waals surface area contributed by atoms with Gasteiger partial charge in [-0.1, -0.05) is 30.3 Å². The third-order valence-corrected chi connectivity index (χ3v) is 7.54. The van der Waals surface area contributed by atoms with Gasteiger partial charge in [-0.15, -0.1) is 0 Å². The topological polar surface area (TPSA) is 144 Å². The van der Waals surface area contributed by atoms with Crippen LogP contribution >= 0.6 is 0 Å². The van der Waals surface area contributed by atoms with Crippen molar-refractivity contribution in [3.8, 4) is 0 Å². The van der Waals surface area contributed by atoms with Crippen LogP contribution in [0.25, 0.3) is 10.9 Å². The zero-order valence-electron chi connectivity index (χ0n) is 17.6. The monoisotopic (exact) mass is 453 g/mol. The van der Waals surface area contributed by atoms with Crippen LogP contribution in [0.5, 0.6) is 0 Å². The molecule has 0 spiro atoms. The molecule has 0 aliphatic heterocycles. The summed E-state index contributed by atoms with van der Waals surface area (Å²) in [5.41, 5.74) is 12.9. The number of hydrogen-bond donors (Lipinski definition) is 4. The molecular formula is C23H27N5O3S. The van der Waals surface area contributed by atoms with E-state index in [1.54, 1.807) is 42.5 Å². The van der Waals surface area contributed by atoms with Crippen molar-refractivity contribution in [1.82, 2.24) is 9.88 Å². The Hall–Kier alpha value is -3.17. The van der Waals surface area contributed by atoms with Gasteiger partial charge in [0.1, 0.15) is 17.4 Å². The number of amides is 1. The molecule has 1 amide bonds. The van der Waals surface area contributed by atoms with Gasteiger partial charge in [0.15, 0.2) is 9.84 Å². The Balaban J connectivity index is 1.74. The van der Waals surface area contributed by atoms with Gasteiger partial charge in [-0.25, -0.2) is 8.42 Å². The summed E-state index contributed by atoms with van der Waals surface area (Å²) in [4.78, 5) is 13.4. The standard InChI is InChI=1S/C23H27N5O3S/c24-17-8-10-18(11-9-17)27-23(29)21-12-15-6-7-16(22(25)26)13-20(15)28(21)14-32(30,31)19-4-2-1-3-5-19/h1-7,12-13,17-18H,8-11,14,24H2,(H3,25,26)(H,27,29)/t17-,18-. The molecule has 0 radical (unpaired) electrons. The SMILES string of the molecule is N=C(N)c1ccc2cc(C(=O)N[C@H]3CC[C@H](N)CC3)n(CS(=O)(=O)c3ccccc3)c2c1. The lowest BCUT2D eigenvalue weighted by molar-refractivity contribution is 0.0918. The first-order valence-electron chi connectivity index (χ1n) is 10.6. The Morgan fingerprint density at radius 1 is 1.06 bits per heavy atom. The highest BCUT2D eigenvalue weighted by Gasteiger charge is 2.25. The van der Waals surface area contributed by atoms with Crippen LogP contribution in [-0.4, -0.2) is 36.8 Å². The lowest BCUT2D eigenvalue weighted by Crippen LogP contribution is -2.41. The highest BCUT2D eigenvalue weighted by Crippen LogP contribution is 2.25. The van der Waals surface area contributed by atoms with E-state index in [1.165, 1.54) is 16.7 Å². The van der Waals surface area contributed by atoms with Gasteiger partial charge in [-0.3, -0.25) is 10.2 Å². The van der Waals surface area contributed by atoms with E-state index in [-0.39, 0.29) is 34.4 Å². The predicted octanol–water partition coefficient (Wildman–Crippen LogP) is 2.36. The average molecular weight is 454 g/mol. The fourth-order valence-corrected chi connectivity index (χ4v) is 5.48. The van der Waals surface area contributed by atoms with Crippen molar-refractivity contribution >= 4 is 32.5 Å². The van der Waals surface area contributed by atoms with Crippen LogP contribution in [0.1, 0.15) is 41.7 Å². The van der Waals surface area contributed by atoms with Crippen LogP contribution in [0.15, 0.2) is 59.5 Å². The highest BCUT2D eigenvalue weighted by atomic mass is 32.2. The lowest BCUT2D eigenvalue weighted by atomic mass is 9.92.